The summed E-state index contributed by atoms with van der Waals surface area (Å²) in [5.41, 5.74) is 1.44. The molecule has 1 heterocycles. The van der Waals surface area contributed by atoms with Gasteiger partial charge in [0.1, 0.15) is 0 Å². The molecule has 2 nitrogen and oxygen atoms in total. The largest absolute Gasteiger partial charge is 0.392 e. The van der Waals surface area contributed by atoms with Crippen molar-refractivity contribution in [2.45, 2.75) is 51.2 Å². The smallest absolute Gasteiger partial charge is 0.0704 e. The third kappa shape index (κ3) is 3.53. The van der Waals surface area contributed by atoms with Crippen LogP contribution in [0.15, 0.2) is 9.85 Å². The summed E-state index contributed by atoms with van der Waals surface area (Å²) < 4.78 is 1.23. The molecular weight excluding hydrogens is 298 g/mol. The van der Waals surface area contributed by atoms with Gasteiger partial charge in [0.15, 0.2) is 0 Å². The van der Waals surface area contributed by atoms with Gasteiger partial charge in [-0.3, -0.25) is 0 Å². The molecule has 2 atom stereocenters. The highest BCUT2D eigenvalue weighted by Crippen LogP contribution is 2.37. The van der Waals surface area contributed by atoms with Crippen LogP contribution in [0.1, 0.15) is 49.1 Å². The first-order valence-corrected chi connectivity index (χ1v) is 8.01. The van der Waals surface area contributed by atoms with Gasteiger partial charge in [0.05, 0.1) is 9.89 Å². The SMILES string of the molecule is CCCC(O)CNC1CCCc2sc(Br)cc21. The summed E-state index contributed by atoms with van der Waals surface area (Å²) in [6, 6.07) is 2.68. The molecule has 17 heavy (non-hydrogen) atoms. The Morgan fingerprint density at radius 1 is 1.65 bits per heavy atom. The van der Waals surface area contributed by atoms with E-state index in [4.69, 9.17) is 0 Å². The van der Waals surface area contributed by atoms with E-state index in [9.17, 15) is 5.11 Å². The summed E-state index contributed by atoms with van der Waals surface area (Å²) in [6.07, 6.45) is 5.38. The minimum Gasteiger partial charge on any atom is -0.392 e. The minimum absolute atomic E-state index is 0.201. The third-order valence-electron chi connectivity index (χ3n) is 3.31. The fourth-order valence-corrected chi connectivity index (χ4v) is 4.27. The molecule has 0 amide bonds. The highest BCUT2D eigenvalue weighted by Gasteiger charge is 2.22. The quantitative estimate of drug-likeness (QED) is 0.869. The monoisotopic (exact) mass is 317 g/mol. The van der Waals surface area contributed by atoms with Crippen molar-refractivity contribution in [1.82, 2.24) is 5.32 Å². The van der Waals surface area contributed by atoms with Gasteiger partial charge < -0.3 is 10.4 Å². The van der Waals surface area contributed by atoms with E-state index in [-0.39, 0.29) is 6.10 Å². The van der Waals surface area contributed by atoms with E-state index in [2.05, 4.69) is 34.2 Å². The van der Waals surface area contributed by atoms with E-state index in [1.165, 1.54) is 33.5 Å². The predicted molar refractivity (Wildman–Crippen MR) is 76.6 cm³/mol. The van der Waals surface area contributed by atoms with E-state index in [1.807, 2.05) is 11.3 Å². The number of aryl methyl sites for hydroxylation is 1. The van der Waals surface area contributed by atoms with Crippen molar-refractivity contribution in [3.63, 3.8) is 0 Å². The topological polar surface area (TPSA) is 32.3 Å². The first-order chi connectivity index (χ1) is 8.20. The molecule has 1 aliphatic rings. The van der Waals surface area contributed by atoms with Gasteiger partial charge in [0.2, 0.25) is 0 Å². The second-order valence-electron chi connectivity index (χ2n) is 4.72. The molecule has 0 aromatic carbocycles. The number of aliphatic hydroxyl groups is 1. The van der Waals surface area contributed by atoms with Crippen LogP contribution in [0.25, 0.3) is 0 Å². The summed E-state index contributed by atoms with van der Waals surface area (Å²) in [4.78, 5) is 1.51. The van der Waals surface area contributed by atoms with Crippen molar-refractivity contribution in [1.29, 1.82) is 0 Å². The van der Waals surface area contributed by atoms with E-state index >= 15 is 0 Å². The van der Waals surface area contributed by atoms with E-state index in [0.717, 1.165) is 12.8 Å². The normalized spacial score (nSPS) is 21.2. The molecule has 0 aliphatic heterocycles. The molecule has 0 spiro atoms. The highest BCUT2D eigenvalue weighted by atomic mass is 79.9. The van der Waals surface area contributed by atoms with Crippen LogP contribution in [0.4, 0.5) is 0 Å². The fourth-order valence-electron chi connectivity index (χ4n) is 2.45. The van der Waals surface area contributed by atoms with E-state index in [1.54, 1.807) is 0 Å². The first kappa shape index (κ1) is 13.5. The van der Waals surface area contributed by atoms with Crippen LogP contribution < -0.4 is 5.32 Å². The molecule has 2 N–H and O–H groups in total. The number of fused-ring (bicyclic) bond motifs is 1. The molecule has 2 rings (SSSR count). The van der Waals surface area contributed by atoms with Gasteiger partial charge in [-0.05, 0) is 53.2 Å². The van der Waals surface area contributed by atoms with Crippen molar-refractivity contribution in [2.24, 2.45) is 0 Å². The number of thiophene rings is 1. The first-order valence-electron chi connectivity index (χ1n) is 6.40. The van der Waals surface area contributed by atoms with Crippen LogP contribution >= 0.6 is 27.3 Å². The number of halogens is 1. The Hall–Kier alpha value is 0.100. The average Bonchev–Trinajstić information content (AvgIpc) is 2.67. The Balaban J connectivity index is 1.94. The lowest BCUT2D eigenvalue weighted by atomic mass is 9.94. The lowest BCUT2D eigenvalue weighted by molar-refractivity contribution is 0.155. The number of hydrogen-bond donors (Lipinski definition) is 2. The summed E-state index contributed by atoms with van der Waals surface area (Å²) in [5, 5.41) is 13.3. The van der Waals surface area contributed by atoms with Gasteiger partial charge in [-0.1, -0.05) is 13.3 Å². The van der Waals surface area contributed by atoms with Crippen molar-refractivity contribution in [2.75, 3.05) is 6.54 Å². The lowest BCUT2D eigenvalue weighted by Gasteiger charge is -2.25. The van der Waals surface area contributed by atoms with Crippen LogP contribution in [0.5, 0.6) is 0 Å². The zero-order valence-electron chi connectivity index (χ0n) is 10.2. The summed E-state index contributed by atoms with van der Waals surface area (Å²) >= 11 is 5.42. The van der Waals surface area contributed by atoms with Crippen molar-refractivity contribution >= 4 is 27.3 Å². The molecular formula is C13H20BrNOS. The van der Waals surface area contributed by atoms with Crippen molar-refractivity contribution in [3.05, 3.63) is 20.3 Å². The lowest BCUT2D eigenvalue weighted by Crippen LogP contribution is -2.31. The van der Waals surface area contributed by atoms with Gasteiger partial charge in [0.25, 0.3) is 0 Å². The third-order valence-corrected chi connectivity index (χ3v) is 5.02. The van der Waals surface area contributed by atoms with Crippen molar-refractivity contribution < 1.29 is 5.11 Å². The van der Waals surface area contributed by atoms with E-state index in [0.29, 0.717) is 12.6 Å². The molecule has 1 aliphatic carbocycles. The molecule has 0 saturated heterocycles. The maximum absolute atomic E-state index is 9.76. The molecule has 1 aromatic heterocycles. The Labute approximate surface area is 116 Å². The molecule has 4 heteroatoms. The van der Waals surface area contributed by atoms with Gasteiger partial charge >= 0.3 is 0 Å². The van der Waals surface area contributed by atoms with Crippen LogP contribution in [-0.2, 0) is 6.42 Å². The molecule has 0 radical (unpaired) electrons. The Morgan fingerprint density at radius 3 is 3.24 bits per heavy atom. The Bertz CT molecular complexity index is 366. The minimum atomic E-state index is -0.201. The van der Waals surface area contributed by atoms with Gasteiger partial charge in [0, 0.05) is 17.5 Å². The zero-order chi connectivity index (χ0) is 12.3. The standard InChI is InChI=1S/C13H20BrNOS/c1-2-4-9(16)8-15-11-5-3-6-12-10(11)7-13(14)17-12/h7,9,11,15-16H,2-6,8H2,1H3. The predicted octanol–water partition coefficient (Wildman–Crippen LogP) is 3.64. The Morgan fingerprint density at radius 2 is 2.47 bits per heavy atom. The summed E-state index contributed by atoms with van der Waals surface area (Å²) in [6.45, 7) is 2.82. The molecule has 96 valence electrons. The summed E-state index contributed by atoms with van der Waals surface area (Å²) in [5.74, 6) is 0. The second kappa shape index (κ2) is 6.32. The van der Waals surface area contributed by atoms with Gasteiger partial charge in [-0.15, -0.1) is 11.3 Å². The number of rotatable bonds is 5. The summed E-state index contributed by atoms with van der Waals surface area (Å²) in [7, 11) is 0. The maximum atomic E-state index is 9.76. The zero-order valence-corrected chi connectivity index (χ0v) is 12.6. The molecule has 2 unspecified atom stereocenters. The maximum Gasteiger partial charge on any atom is 0.0704 e. The second-order valence-corrected chi connectivity index (χ2v) is 7.24. The van der Waals surface area contributed by atoms with Gasteiger partial charge in [-0.2, -0.15) is 0 Å². The number of aliphatic hydroxyl groups excluding tert-OH is 1. The fraction of sp³-hybridized carbons (Fsp3) is 0.692. The molecule has 0 saturated carbocycles. The highest BCUT2D eigenvalue weighted by molar-refractivity contribution is 9.11. The van der Waals surface area contributed by atoms with E-state index < -0.39 is 0 Å². The van der Waals surface area contributed by atoms with Crippen LogP contribution in [0.3, 0.4) is 0 Å². The number of hydrogen-bond acceptors (Lipinski definition) is 3. The van der Waals surface area contributed by atoms with Crippen LogP contribution in [0, 0.1) is 0 Å². The van der Waals surface area contributed by atoms with Crippen LogP contribution in [-0.4, -0.2) is 17.8 Å². The van der Waals surface area contributed by atoms with Crippen LogP contribution in [0.2, 0.25) is 0 Å². The molecule has 0 fully saturated rings. The molecule has 0 bridgehead atoms. The van der Waals surface area contributed by atoms with Gasteiger partial charge in [-0.25, -0.2) is 0 Å². The Kier molecular flexibility index (Phi) is 5.03. The average molecular weight is 318 g/mol. The number of nitrogens with one attached hydrogen (secondary N) is 1. The molecule has 1 aromatic rings. The van der Waals surface area contributed by atoms with Crippen molar-refractivity contribution in [3.8, 4) is 0 Å².